The molecular formula is C7H10O2. The fourth-order valence-electron chi connectivity index (χ4n) is 0.641. The fraction of sp³-hybridized carbons (Fsp3) is 0.571. The molecule has 1 rings (SSSR count). The zero-order valence-electron chi connectivity index (χ0n) is 8.39. The second kappa shape index (κ2) is 1.87. The number of cyclic esters (lactones) is 1. The van der Waals surface area contributed by atoms with Gasteiger partial charge in [-0.3, -0.25) is 0 Å². The largest absolute Gasteiger partial charge is 0.455 e. The van der Waals surface area contributed by atoms with Crippen LogP contribution >= 0.6 is 0 Å². The number of carbonyl (C=O) groups excluding carboxylic acids is 1. The lowest BCUT2D eigenvalue weighted by Gasteiger charge is -2.00. The van der Waals surface area contributed by atoms with Crippen LogP contribution in [0.25, 0.3) is 0 Å². The molecule has 0 saturated heterocycles. The van der Waals surface area contributed by atoms with Crippen LogP contribution in [0, 0.1) is 0 Å². The van der Waals surface area contributed by atoms with Crippen LogP contribution < -0.4 is 0 Å². The molecule has 0 radical (unpaired) electrons. The highest BCUT2D eigenvalue weighted by atomic mass is 16.5. The normalized spacial score (nSPS) is 33.3. The Hall–Kier alpha value is -0.790. The minimum atomic E-state index is -2.24. The molecule has 0 amide bonds. The van der Waals surface area contributed by atoms with Crippen LogP contribution in [-0.2, 0) is 9.53 Å². The second-order valence-electron chi connectivity index (χ2n) is 2.09. The zero-order chi connectivity index (χ0) is 9.52. The van der Waals surface area contributed by atoms with Gasteiger partial charge in [-0.15, -0.1) is 0 Å². The lowest BCUT2D eigenvalue weighted by molar-refractivity contribution is -0.139. The van der Waals surface area contributed by atoms with Crippen LogP contribution in [-0.4, -0.2) is 12.1 Å². The van der Waals surface area contributed by atoms with Crippen molar-refractivity contribution >= 4 is 5.97 Å². The Morgan fingerprint density at radius 3 is 2.56 bits per heavy atom. The van der Waals surface area contributed by atoms with Crippen molar-refractivity contribution in [1.82, 2.24) is 0 Å². The van der Waals surface area contributed by atoms with Gasteiger partial charge in [0.1, 0.15) is 6.10 Å². The van der Waals surface area contributed by atoms with Gasteiger partial charge in [-0.05, 0) is 26.3 Å². The van der Waals surface area contributed by atoms with E-state index < -0.39 is 18.9 Å². The molecule has 0 spiro atoms. The van der Waals surface area contributed by atoms with Crippen molar-refractivity contribution in [3.05, 3.63) is 11.1 Å². The van der Waals surface area contributed by atoms with E-state index in [1.54, 1.807) is 13.8 Å². The van der Waals surface area contributed by atoms with E-state index in [2.05, 4.69) is 4.74 Å². The third-order valence-electron chi connectivity index (χ3n) is 1.52. The van der Waals surface area contributed by atoms with E-state index in [-0.39, 0.29) is 0 Å². The van der Waals surface area contributed by atoms with Gasteiger partial charge in [0, 0.05) is 9.69 Å². The summed E-state index contributed by atoms with van der Waals surface area (Å²) in [5.74, 6) is -0.520. The first kappa shape index (κ1) is 3.40. The van der Waals surface area contributed by atoms with Gasteiger partial charge in [0.05, 0.1) is 0 Å². The average Bonchev–Trinajstić information content (AvgIpc) is 2.15. The topological polar surface area (TPSA) is 26.3 Å². The van der Waals surface area contributed by atoms with Crippen molar-refractivity contribution < 1.29 is 13.6 Å². The van der Waals surface area contributed by atoms with Gasteiger partial charge in [0.2, 0.25) is 0 Å². The van der Waals surface area contributed by atoms with Crippen molar-refractivity contribution in [3.8, 4) is 0 Å². The van der Waals surface area contributed by atoms with Crippen LogP contribution in [0.2, 0.25) is 0 Å². The Morgan fingerprint density at radius 2 is 2.33 bits per heavy atom. The molecule has 1 aliphatic heterocycles. The average molecular weight is 129 g/mol. The maximum Gasteiger partial charge on any atom is 0.334 e. The monoisotopic (exact) mass is 129 g/mol. The summed E-state index contributed by atoms with van der Waals surface area (Å²) in [5.41, 5.74) is 0.927. The molecule has 0 fully saturated rings. The van der Waals surface area contributed by atoms with E-state index in [9.17, 15) is 4.79 Å². The number of rotatable bonds is 0. The van der Waals surface area contributed by atoms with Crippen molar-refractivity contribution in [3.63, 3.8) is 0 Å². The highest BCUT2D eigenvalue weighted by Crippen LogP contribution is 2.20. The van der Waals surface area contributed by atoms with E-state index in [4.69, 9.17) is 4.11 Å². The molecule has 2 nitrogen and oxygen atoms in total. The molecule has 0 aromatic carbocycles. The number of hydrogen-bond donors (Lipinski definition) is 0. The molecule has 50 valence electrons. The minimum Gasteiger partial charge on any atom is -0.455 e. The summed E-state index contributed by atoms with van der Waals surface area (Å²) >= 11 is 0. The molecule has 9 heavy (non-hydrogen) atoms. The number of hydrogen-bond acceptors (Lipinski definition) is 2. The van der Waals surface area contributed by atoms with Crippen LogP contribution in [0.1, 0.15) is 24.8 Å². The highest BCUT2D eigenvalue weighted by Gasteiger charge is 2.23. The predicted octanol–water partition coefficient (Wildman–Crippen LogP) is 1.27. The van der Waals surface area contributed by atoms with Crippen LogP contribution in [0.5, 0.6) is 0 Å². The number of carbonyl (C=O) groups is 1. The van der Waals surface area contributed by atoms with Crippen molar-refractivity contribution in [2.75, 3.05) is 0 Å². The van der Waals surface area contributed by atoms with Crippen molar-refractivity contribution in [2.45, 2.75) is 26.8 Å². The molecule has 1 atom stereocenters. The van der Waals surface area contributed by atoms with Gasteiger partial charge in [0.15, 0.2) is 0 Å². The van der Waals surface area contributed by atoms with Gasteiger partial charge < -0.3 is 4.74 Å². The molecule has 0 aliphatic carbocycles. The standard InChI is InChI=1S/C7H10O2/c1-4-5(2)7(8)9-6(4)3/h6H,1-3H3/i3D3. The first-order valence-corrected chi connectivity index (χ1v) is 2.72. The third kappa shape index (κ3) is 0.846. The Bertz CT molecular complexity index is 252. The van der Waals surface area contributed by atoms with Gasteiger partial charge in [-0.25, -0.2) is 4.79 Å². The van der Waals surface area contributed by atoms with Crippen molar-refractivity contribution in [2.24, 2.45) is 0 Å². The summed E-state index contributed by atoms with van der Waals surface area (Å²) in [6.07, 6.45) is -1.04. The van der Waals surface area contributed by atoms with Crippen LogP contribution in [0.3, 0.4) is 0 Å². The minimum absolute atomic E-state index is 0.413. The van der Waals surface area contributed by atoms with Crippen LogP contribution in [0.15, 0.2) is 11.1 Å². The number of ether oxygens (including phenoxy) is 1. The van der Waals surface area contributed by atoms with Gasteiger partial charge >= 0.3 is 5.97 Å². The molecule has 0 aromatic rings. The van der Waals surface area contributed by atoms with Gasteiger partial charge in [0.25, 0.3) is 0 Å². The molecule has 1 unspecified atom stereocenters. The maximum atomic E-state index is 10.9. The maximum absolute atomic E-state index is 10.9. The van der Waals surface area contributed by atoms with Crippen molar-refractivity contribution in [1.29, 1.82) is 0 Å². The SMILES string of the molecule is [2H]C([2H])([2H])C1OC(=O)C(C)=C1C. The zero-order valence-corrected chi connectivity index (χ0v) is 5.39. The lowest BCUT2D eigenvalue weighted by atomic mass is 10.1. The van der Waals surface area contributed by atoms with E-state index in [1.165, 1.54) is 0 Å². The van der Waals surface area contributed by atoms with E-state index in [1.807, 2.05) is 0 Å². The van der Waals surface area contributed by atoms with E-state index >= 15 is 0 Å². The summed E-state index contributed by atoms with van der Waals surface area (Å²) in [4.78, 5) is 10.9. The summed E-state index contributed by atoms with van der Waals surface area (Å²) in [6, 6.07) is 0. The lowest BCUT2D eigenvalue weighted by Crippen LogP contribution is -2.04. The number of esters is 1. The molecule has 0 bridgehead atoms. The molecule has 0 aromatic heterocycles. The first-order valence-electron chi connectivity index (χ1n) is 4.22. The molecule has 1 aliphatic rings. The highest BCUT2D eigenvalue weighted by molar-refractivity contribution is 5.91. The van der Waals surface area contributed by atoms with Gasteiger partial charge in [-0.2, -0.15) is 0 Å². The quantitative estimate of drug-likeness (QED) is 0.460. The van der Waals surface area contributed by atoms with Gasteiger partial charge in [-0.1, -0.05) is 0 Å². The first-order chi connectivity index (χ1) is 5.34. The van der Waals surface area contributed by atoms with E-state index in [0.29, 0.717) is 11.1 Å². The molecular weight excluding hydrogens is 116 g/mol. The second-order valence-corrected chi connectivity index (χ2v) is 2.09. The summed E-state index contributed by atoms with van der Waals surface area (Å²) in [6.45, 7) is 0.943. The third-order valence-corrected chi connectivity index (χ3v) is 1.52. The van der Waals surface area contributed by atoms with E-state index in [0.717, 1.165) is 0 Å². The Kier molecular flexibility index (Phi) is 0.704. The molecule has 1 heterocycles. The Morgan fingerprint density at radius 1 is 1.67 bits per heavy atom. The predicted molar refractivity (Wildman–Crippen MR) is 33.9 cm³/mol. The molecule has 0 saturated carbocycles. The summed E-state index contributed by atoms with van der Waals surface area (Å²) in [5, 5.41) is 0. The summed E-state index contributed by atoms with van der Waals surface area (Å²) in [7, 11) is 0. The Balaban J connectivity index is 2.95. The summed E-state index contributed by atoms with van der Waals surface area (Å²) < 4.78 is 25.9. The fourth-order valence-corrected chi connectivity index (χ4v) is 0.641. The Labute approximate surface area is 58.7 Å². The smallest absolute Gasteiger partial charge is 0.334 e. The van der Waals surface area contributed by atoms with Crippen LogP contribution in [0.4, 0.5) is 0 Å². The molecule has 0 N–H and O–H groups in total. The molecule has 2 heteroatoms.